The number of rotatable bonds is 8. The first-order valence-corrected chi connectivity index (χ1v) is 12.3. The van der Waals surface area contributed by atoms with Gasteiger partial charge >= 0.3 is 0 Å². The van der Waals surface area contributed by atoms with Gasteiger partial charge in [-0.1, -0.05) is 61.5 Å². The summed E-state index contributed by atoms with van der Waals surface area (Å²) in [5.74, 6) is 0.883. The Labute approximate surface area is 201 Å². The number of carbonyl (C=O) groups excluding carboxylic acids is 1. The fourth-order valence-electron chi connectivity index (χ4n) is 5.09. The summed E-state index contributed by atoms with van der Waals surface area (Å²) in [5.41, 5.74) is 3.26. The number of ether oxygens (including phenoxy) is 2. The van der Waals surface area contributed by atoms with Crippen LogP contribution < -0.4 is 10.1 Å². The molecule has 1 N–H and O–H groups in total. The lowest BCUT2D eigenvalue weighted by Gasteiger charge is -2.49. The zero-order valence-corrected chi connectivity index (χ0v) is 19.7. The molecule has 1 saturated heterocycles. The van der Waals surface area contributed by atoms with E-state index >= 15 is 0 Å². The minimum absolute atomic E-state index is 0.0508. The Kier molecular flexibility index (Phi) is 6.54. The number of amides is 1. The fourth-order valence-corrected chi connectivity index (χ4v) is 5.09. The van der Waals surface area contributed by atoms with Gasteiger partial charge in [-0.3, -0.25) is 4.79 Å². The van der Waals surface area contributed by atoms with Crippen molar-refractivity contribution in [3.05, 3.63) is 95.6 Å². The zero-order valence-electron chi connectivity index (χ0n) is 19.7. The summed E-state index contributed by atoms with van der Waals surface area (Å²) < 4.78 is 11.9. The van der Waals surface area contributed by atoms with Crippen LogP contribution in [-0.2, 0) is 16.8 Å². The minimum atomic E-state index is -0.639. The molecule has 176 valence electrons. The molecule has 0 saturated carbocycles. The third-order valence-corrected chi connectivity index (χ3v) is 6.96. The maximum Gasteiger partial charge on any atom is 0.258 e. The molecule has 34 heavy (non-hydrogen) atoms. The van der Waals surface area contributed by atoms with E-state index in [4.69, 9.17) is 9.47 Å². The van der Waals surface area contributed by atoms with Gasteiger partial charge in [0, 0.05) is 25.3 Å². The SMILES string of the molecule is CCC1(c2ccc(OCCc3ccccc3)cc2)Nc2ccccc2C(=O)N1CC1CCCO1. The molecule has 2 unspecified atom stereocenters. The fraction of sp³-hybridized carbons (Fsp3) is 0.345. The van der Waals surface area contributed by atoms with E-state index in [1.54, 1.807) is 0 Å². The second kappa shape index (κ2) is 9.90. The van der Waals surface area contributed by atoms with Crippen LogP contribution in [0.25, 0.3) is 0 Å². The van der Waals surface area contributed by atoms with Crippen LogP contribution in [0.4, 0.5) is 5.69 Å². The number of para-hydroxylation sites is 1. The molecule has 2 aliphatic heterocycles. The molecule has 3 aromatic rings. The molecule has 2 heterocycles. The van der Waals surface area contributed by atoms with E-state index in [-0.39, 0.29) is 12.0 Å². The first-order chi connectivity index (χ1) is 16.7. The monoisotopic (exact) mass is 456 g/mol. The summed E-state index contributed by atoms with van der Waals surface area (Å²) in [4.78, 5) is 15.7. The Morgan fingerprint density at radius 3 is 2.53 bits per heavy atom. The van der Waals surface area contributed by atoms with Gasteiger partial charge in [0.25, 0.3) is 5.91 Å². The average molecular weight is 457 g/mol. The van der Waals surface area contributed by atoms with Gasteiger partial charge in [0.05, 0.1) is 18.3 Å². The summed E-state index contributed by atoms with van der Waals surface area (Å²) in [7, 11) is 0. The van der Waals surface area contributed by atoms with Gasteiger partial charge in [-0.05, 0) is 54.7 Å². The van der Waals surface area contributed by atoms with E-state index in [2.05, 4.69) is 36.5 Å². The number of hydrogen-bond acceptors (Lipinski definition) is 4. The molecule has 2 aliphatic rings. The predicted octanol–water partition coefficient (Wildman–Crippen LogP) is 5.62. The third kappa shape index (κ3) is 4.40. The van der Waals surface area contributed by atoms with Crippen molar-refractivity contribution in [3.8, 4) is 5.75 Å². The Bertz CT molecular complexity index is 1110. The van der Waals surface area contributed by atoms with Crippen molar-refractivity contribution in [2.24, 2.45) is 0 Å². The Morgan fingerprint density at radius 2 is 1.79 bits per heavy atom. The molecular weight excluding hydrogens is 424 g/mol. The summed E-state index contributed by atoms with van der Waals surface area (Å²) in [6, 6.07) is 26.3. The zero-order chi connectivity index (χ0) is 23.4. The first kappa shape index (κ1) is 22.5. The highest BCUT2D eigenvalue weighted by atomic mass is 16.5. The van der Waals surface area contributed by atoms with Crippen molar-refractivity contribution in [2.75, 3.05) is 25.1 Å². The molecule has 3 aromatic carbocycles. The lowest BCUT2D eigenvalue weighted by molar-refractivity contribution is 0.0187. The Hall–Kier alpha value is -3.31. The molecule has 5 rings (SSSR count). The molecule has 5 heteroatoms. The smallest absolute Gasteiger partial charge is 0.258 e. The van der Waals surface area contributed by atoms with Crippen LogP contribution in [0.15, 0.2) is 78.9 Å². The number of hydrogen-bond donors (Lipinski definition) is 1. The van der Waals surface area contributed by atoms with Crippen LogP contribution in [0.1, 0.15) is 47.7 Å². The summed E-state index contributed by atoms with van der Waals surface area (Å²) in [6.45, 7) is 4.09. The molecule has 0 aromatic heterocycles. The van der Waals surface area contributed by atoms with Gasteiger partial charge in [0.1, 0.15) is 11.4 Å². The van der Waals surface area contributed by atoms with Crippen molar-refractivity contribution in [3.63, 3.8) is 0 Å². The lowest BCUT2D eigenvalue weighted by atomic mass is 9.89. The highest BCUT2D eigenvalue weighted by Gasteiger charge is 2.45. The maximum atomic E-state index is 13.7. The van der Waals surface area contributed by atoms with Crippen LogP contribution in [-0.4, -0.2) is 36.7 Å². The van der Waals surface area contributed by atoms with E-state index < -0.39 is 5.66 Å². The Morgan fingerprint density at radius 1 is 1.03 bits per heavy atom. The van der Waals surface area contributed by atoms with Gasteiger partial charge in [0.2, 0.25) is 0 Å². The molecule has 5 nitrogen and oxygen atoms in total. The number of carbonyl (C=O) groups is 1. The molecule has 2 atom stereocenters. The molecule has 1 amide bonds. The number of nitrogens with one attached hydrogen (secondary N) is 1. The van der Waals surface area contributed by atoms with Gasteiger partial charge in [-0.15, -0.1) is 0 Å². The predicted molar refractivity (Wildman–Crippen MR) is 134 cm³/mol. The summed E-state index contributed by atoms with van der Waals surface area (Å²) in [6.07, 6.45) is 3.70. The van der Waals surface area contributed by atoms with Crippen molar-refractivity contribution >= 4 is 11.6 Å². The molecule has 0 spiro atoms. The molecule has 0 radical (unpaired) electrons. The van der Waals surface area contributed by atoms with Crippen molar-refractivity contribution in [1.29, 1.82) is 0 Å². The number of nitrogens with zero attached hydrogens (tertiary/aromatic N) is 1. The largest absolute Gasteiger partial charge is 0.493 e. The van der Waals surface area contributed by atoms with Crippen LogP contribution in [0, 0.1) is 0 Å². The first-order valence-electron chi connectivity index (χ1n) is 12.3. The highest BCUT2D eigenvalue weighted by Crippen LogP contribution is 2.41. The standard InChI is InChI=1S/C29H32N2O3/c1-2-29(23-14-16-24(17-15-23)34-20-18-22-9-4-3-5-10-22)30-27-13-7-6-12-26(27)28(32)31(29)21-25-11-8-19-33-25/h3-7,9-10,12-17,25,30H,2,8,11,18-21H2,1H3. The van der Waals surface area contributed by atoms with Gasteiger partial charge in [0.15, 0.2) is 0 Å². The second-order valence-electron chi connectivity index (χ2n) is 9.04. The number of anilines is 1. The lowest BCUT2D eigenvalue weighted by Crippen LogP contribution is -2.59. The Balaban J connectivity index is 1.39. The van der Waals surface area contributed by atoms with E-state index in [9.17, 15) is 4.79 Å². The van der Waals surface area contributed by atoms with Crippen LogP contribution in [0.5, 0.6) is 5.75 Å². The van der Waals surface area contributed by atoms with E-state index in [0.717, 1.165) is 49.3 Å². The average Bonchev–Trinajstić information content (AvgIpc) is 3.40. The summed E-state index contributed by atoms with van der Waals surface area (Å²) >= 11 is 0. The molecule has 0 aliphatic carbocycles. The van der Waals surface area contributed by atoms with E-state index in [0.29, 0.717) is 18.7 Å². The maximum absolute atomic E-state index is 13.7. The van der Waals surface area contributed by atoms with Gasteiger partial charge in [-0.2, -0.15) is 0 Å². The number of fused-ring (bicyclic) bond motifs is 1. The van der Waals surface area contributed by atoms with Crippen LogP contribution >= 0.6 is 0 Å². The van der Waals surface area contributed by atoms with Gasteiger partial charge in [-0.25, -0.2) is 0 Å². The quantitative estimate of drug-likeness (QED) is 0.478. The van der Waals surface area contributed by atoms with Crippen molar-refractivity contribution < 1.29 is 14.3 Å². The van der Waals surface area contributed by atoms with Crippen molar-refractivity contribution in [1.82, 2.24) is 4.90 Å². The number of benzene rings is 3. The molecule has 1 fully saturated rings. The highest BCUT2D eigenvalue weighted by molar-refractivity contribution is 6.02. The molecule has 0 bridgehead atoms. The molecular formula is C29H32N2O3. The van der Waals surface area contributed by atoms with Crippen LogP contribution in [0.3, 0.4) is 0 Å². The van der Waals surface area contributed by atoms with Crippen LogP contribution in [0.2, 0.25) is 0 Å². The van der Waals surface area contributed by atoms with Gasteiger partial charge < -0.3 is 19.7 Å². The van der Waals surface area contributed by atoms with E-state index in [1.165, 1.54) is 5.56 Å². The normalized spacial score (nSPS) is 21.7. The summed E-state index contributed by atoms with van der Waals surface area (Å²) in [5, 5.41) is 3.72. The minimum Gasteiger partial charge on any atom is -0.493 e. The second-order valence-corrected chi connectivity index (χ2v) is 9.04. The van der Waals surface area contributed by atoms with E-state index in [1.807, 2.05) is 59.5 Å². The van der Waals surface area contributed by atoms with Crippen molar-refractivity contribution in [2.45, 2.75) is 44.4 Å². The topological polar surface area (TPSA) is 50.8 Å². The third-order valence-electron chi connectivity index (χ3n) is 6.96.